The van der Waals surface area contributed by atoms with E-state index in [1.807, 2.05) is 91.0 Å². The summed E-state index contributed by atoms with van der Waals surface area (Å²) in [7, 11) is 0. The van der Waals surface area contributed by atoms with Crippen molar-refractivity contribution >= 4 is 0 Å². The number of hydrogen-bond donors (Lipinski definition) is 1. The van der Waals surface area contributed by atoms with Gasteiger partial charge in [-0.05, 0) is 11.1 Å². The van der Waals surface area contributed by atoms with E-state index in [9.17, 15) is 5.11 Å². The fourth-order valence-corrected chi connectivity index (χ4v) is 4.24. The second-order valence-electron chi connectivity index (χ2n) is 8.26. The monoisotopic (exact) mass is 448 g/mol. The molecule has 2 aliphatic heterocycles. The number of aliphatic hydroxyl groups is 1. The Bertz CT molecular complexity index is 983. The molecule has 0 amide bonds. The van der Waals surface area contributed by atoms with Gasteiger partial charge in [-0.1, -0.05) is 91.0 Å². The third kappa shape index (κ3) is 5.33. The highest BCUT2D eigenvalue weighted by molar-refractivity contribution is 5.17. The van der Waals surface area contributed by atoms with Crippen molar-refractivity contribution in [3.8, 4) is 0 Å². The van der Waals surface area contributed by atoms with Gasteiger partial charge in [0, 0.05) is 5.56 Å². The summed E-state index contributed by atoms with van der Waals surface area (Å²) in [4.78, 5) is 0. The first-order chi connectivity index (χ1) is 16.3. The van der Waals surface area contributed by atoms with E-state index in [4.69, 9.17) is 23.7 Å². The maximum absolute atomic E-state index is 10.8. The Morgan fingerprint density at radius 2 is 1.24 bits per heavy atom. The van der Waals surface area contributed by atoms with Crippen molar-refractivity contribution in [2.75, 3.05) is 6.61 Å². The molecule has 0 aromatic heterocycles. The lowest BCUT2D eigenvalue weighted by Gasteiger charge is -2.47. The first kappa shape index (κ1) is 22.2. The van der Waals surface area contributed by atoms with Crippen molar-refractivity contribution in [2.45, 2.75) is 50.2 Å². The Balaban J connectivity index is 1.36. The molecular weight excluding hydrogens is 420 g/mol. The minimum Gasteiger partial charge on any atom is -0.368 e. The van der Waals surface area contributed by atoms with Crippen LogP contribution in [-0.2, 0) is 36.9 Å². The summed E-state index contributed by atoms with van der Waals surface area (Å²) in [5.74, 6) is 0. The lowest BCUT2D eigenvalue weighted by molar-refractivity contribution is -0.366. The van der Waals surface area contributed by atoms with Crippen LogP contribution in [-0.4, -0.2) is 42.4 Å². The van der Waals surface area contributed by atoms with E-state index < -0.39 is 37.0 Å². The Labute approximate surface area is 193 Å². The van der Waals surface area contributed by atoms with Gasteiger partial charge in [-0.15, -0.1) is 0 Å². The third-order valence-corrected chi connectivity index (χ3v) is 5.94. The van der Waals surface area contributed by atoms with Gasteiger partial charge in [0.2, 0.25) is 0 Å². The van der Waals surface area contributed by atoms with Crippen LogP contribution in [0.1, 0.15) is 23.0 Å². The van der Waals surface area contributed by atoms with Crippen LogP contribution in [0.5, 0.6) is 0 Å². The quantitative estimate of drug-likeness (QED) is 0.590. The minimum atomic E-state index is -1.16. The smallest absolute Gasteiger partial charge is 0.184 e. The number of fused-ring (bicyclic) bond motifs is 1. The highest BCUT2D eigenvalue weighted by Gasteiger charge is 2.51. The maximum Gasteiger partial charge on any atom is 0.184 e. The molecule has 5 rings (SSSR count). The van der Waals surface area contributed by atoms with Gasteiger partial charge in [-0.25, -0.2) is 0 Å². The Morgan fingerprint density at radius 3 is 1.85 bits per heavy atom. The van der Waals surface area contributed by atoms with Crippen LogP contribution in [0.2, 0.25) is 0 Å². The number of ether oxygens (including phenoxy) is 5. The second kappa shape index (κ2) is 10.6. The Kier molecular flexibility index (Phi) is 7.12. The predicted molar refractivity (Wildman–Crippen MR) is 121 cm³/mol. The van der Waals surface area contributed by atoms with E-state index in [1.54, 1.807) is 0 Å². The van der Waals surface area contributed by atoms with Crippen LogP contribution < -0.4 is 0 Å². The van der Waals surface area contributed by atoms with Gasteiger partial charge in [0.05, 0.1) is 19.8 Å². The van der Waals surface area contributed by atoms with E-state index in [-0.39, 0.29) is 6.61 Å². The molecule has 2 fully saturated rings. The van der Waals surface area contributed by atoms with E-state index >= 15 is 0 Å². The topological polar surface area (TPSA) is 66.4 Å². The van der Waals surface area contributed by atoms with Gasteiger partial charge in [-0.2, -0.15) is 0 Å². The lowest BCUT2D eigenvalue weighted by atomic mass is 9.97. The molecule has 0 aliphatic carbocycles. The molecule has 0 spiro atoms. The van der Waals surface area contributed by atoms with Crippen molar-refractivity contribution in [3.63, 3.8) is 0 Å². The molecule has 3 aromatic carbocycles. The molecule has 2 saturated heterocycles. The van der Waals surface area contributed by atoms with Crippen LogP contribution in [0.3, 0.4) is 0 Å². The summed E-state index contributed by atoms with van der Waals surface area (Å²) in [6.07, 6.45) is -3.88. The van der Waals surface area contributed by atoms with Crippen molar-refractivity contribution in [1.82, 2.24) is 0 Å². The molecule has 33 heavy (non-hydrogen) atoms. The zero-order valence-electron chi connectivity index (χ0n) is 18.2. The van der Waals surface area contributed by atoms with Gasteiger partial charge in [0.1, 0.15) is 24.4 Å². The summed E-state index contributed by atoms with van der Waals surface area (Å²) in [5, 5.41) is 10.8. The molecule has 2 heterocycles. The molecule has 172 valence electrons. The van der Waals surface area contributed by atoms with Gasteiger partial charge in [0.15, 0.2) is 12.6 Å². The fraction of sp³-hybridized carbons (Fsp3) is 0.333. The molecule has 6 atom stereocenters. The van der Waals surface area contributed by atoms with Gasteiger partial charge >= 0.3 is 0 Å². The molecular formula is C27H28O6. The zero-order valence-corrected chi connectivity index (χ0v) is 18.2. The normalized spacial score (nSPS) is 29.4. The van der Waals surface area contributed by atoms with Gasteiger partial charge in [-0.3, -0.25) is 0 Å². The van der Waals surface area contributed by atoms with Crippen molar-refractivity contribution in [1.29, 1.82) is 0 Å². The molecule has 2 aliphatic rings. The SMILES string of the molecule is OC1OC2COC(c3ccccc3)O[C@H]2[C@@H](OCc2ccccc2)C1OCc1ccccc1. The summed E-state index contributed by atoms with van der Waals surface area (Å²) in [5.41, 5.74) is 2.96. The molecule has 3 aromatic rings. The molecule has 0 saturated carbocycles. The number of rotatable bonds is 7. The van der Waals surface area contributed by atoms with Crippen LogP contribution in [0.25, 0.3) is 0 Å². The summed E-state index contributed by atoms with van der Waals surface area (Å²) >= 11 is 0. The lowest BCUT2D eigenvalue weighted by Crippen LogP contribution is -2.63. The average Bonchev–Trinajstić information content (AvgIpc) is 2.88. The van der Waals surface area contributed by atoms with E-state index in [2.05, 4.69) is 0 Å². The molecule has 0 radical (unpaired) electrons. The molecule has 4 unspecified atom stereocenters. The fourth-order valence-electron chi connectivity index (χ4n) is 4.24. The van der Waals surface area contributed by atoms with Gasteiger partial charge in [0.25, 0.3) is 0 Å². The highest BCUT2D eigenvalue weighted by Crippen LogP contribution is 2.36. The first-order valence-electron chi connectivity index (χ1n) is 11.2. The standard InChI is InChI=1S/C27H28O6/c28-26-25(30-17-20-12-6-2-7-13-20)24(29-16-19-10-4-1-5-11-19)23-22(32-26)18-31-27(33-23)21-14-8-3-9-15-21/h1-15,22-28H,16-18H2/t22?,23-,24-,25?,26?,27?/m1/s1. The first-order valence-corrected chi connectivity index (χ1v) is 11.2. The number of benzene rings is 3. The van der Waals surface area contributed by atoms with Crippen LogP contribution in [0.15, 0.2) is 91.0 Å². The zero-order chi connectivity index (χ0) is 22.5. The Morgan fingerprint density at radius 1 is 0.697 bits per heavy atom. The second-order valence-corrected chi connectivity index (χ2v) is 8.26. The van der Waals surface area contributed by atoms with Crippen molar-refractivity contribution < 1.29 is 28.8 Å². The summed E-state index contributed by atoms with van der Waals surface area (Å²) < 4.78 is 30.6. The van der Waals surface area contributed by atoms with E-state index in [0.29, 0.717) is 13.2 Å². The minimum absolute atomic E-state index is 0.290. The Hall–Kier alpha value is -2.58. The average molecular weight is 449 g/mol. The van der Waals surface area contributed by atoms with E-state index in [0.717, 1.165) is 16.7 Å². The molecule has 6 nitrogen and oxygen atoms in total. The largest absolute Gasteiger partial charge is 0.368 e. The molecule has 0 bridgehead atoms. The summed E-state index contributed by atoms with van der Waals surface area (Å²) in [6, 6.07) is 29.5. The van der Waals surface area contributed by atoms with Crippen LogP contribution in [0.4, 0.5) is 0 Å². The van der Waals surface area contributed by atoms with E-state index in [1.165, 1.54) is 0 Å². The van der Waals surface area contributed by atoms with Crippen molar-refractivity contribution in [2.24, 2.45) is 0 Å². The molecule has 6 heteroatoms. The van der Waals surface area contributed by atoms with Crippen LogP contribution >= 0.6 is 0 Å². The number of hydrogen-bond acceptors (Lipinski definition) is 6. The van der Waals surface area contributed by atoms with Crippen LogP contribution in [0, 0.1) is 0 Å². The summed E-state index contributed by atoms with van der Waals surface area (Å²) in [6.45, 7) is 0.984. The van der Waals surface area contributed by atoms with Crippen molar-refractivity contribution in [3.05, 3.63) is 108 Å². The third-order valence-electron chi connectivity index (χ3n) is 5.94. The molecule has 1 N–H and O–H groups in total. The maximum atomic E-state index is 10.8. The highest BCUT2D eigenvalue weighted by atomic mass is 16.7. The van der Waals surface area contributed by atoms with Gasteiger partial charge < -0.3 is 28.8 Å². The predicted octanol–water partition coefficient (Wildman–Crippen LogP) is 3.99. The number of aliphatic hydroxyl groups excluding tert-OH is 1.